The number of rotatable bonds is 6. The summed E-state index contributed by atoms with van der Waals surface area (Å²) in [5.41, 5.74) is 1.15. The van der Waals surface area contributed by atoms with E-state index in [2.05, 4.69) is 10.3 Å². The number of nitrogens with zero attached hydrogens (tertiary/aromatic N) is 3. The van der Waals surface area contributed by atoms with Gasteiger partial charge in [0.2, 0.25) is 0 Å². The molecule has 1 N–H and O–H groups in total. The molecule has 0 saturated heterocycles. The lowest BCUT2D eigenvalue weighted by Crippen LogP contribution is -2.44. The minimum atomic E-state index is -1.34. The quantitative estimate of drug-likeness (QED) is 0.656. The van der Waals surface area contributed by atoms with Crippen LogP contribution in [0.4, 0.5) is 0 Å². The van der Waals surface area contributed by atoms with Crippen molar-refractivity contribution < 1.29 is 19.2 Å². The summed E-state index contributed by atoms with van der Waals surface area (Å²) in [4.78, 5) is 12.4. The van der Waals surface area contributed by atoms with Gasteiger partial charge in [-0.3, -0.25) is 4.79 Å². The van der Waals surface area contributed by atoms with Crippen LogP contribution in [0.5, 0.6) is 0 Å². The zero-order chi connectivity index (χ0) is 15.4. The molecule has 110 valence electrons. The second kappa shape index (κ2) is 6.84. The van der Waals surface area contributed by atoms with E-state index in [1.807, 2.05) is 6.92 Å². The Morgan fingerprint density at radius 2 is 2.14 bits per heavy atom. The second-order valence-corrected chi connectivity index (χ2v) is 4.91. The molecule has 0 fully saturated rings. The number of benzene rings is 1. The molecular formula is C12H17B2N3O4. The van der Waals surface area contributed by atoms with Crippen molar-refractivity contribution in [1.82, 2.24) is 15.0 Å². The molecule has 0 radical (unpaired) electrons. The van der Waals surface area contributed by atoms with Crippen LogP contribution in [0, 0.1) is 5.92 Å². The molecule has 3 atom stereocenters. The lowest BCUT2D eigenvalue weighted by Gasteiger charge is -2.26. The van der Waals surface area contributed by atoms with E-state index in [-0.39, 0.29) is 5.92 Å². The van der Waals surface area contributed by atoms with Crippen LogP contribution in [0.15, 0.2) is 24.3 Å². The number of carbonyl (C=O) groups is 1. The molecule has 2 rings (SSSR count). The van der Waals surface area contributed by atoms with Gasteiger partial charge in [-0.1, -0.05) is 24.3 Å². The number of aliphatic hydroxyl groups is 1. The van der Waals surface area contributed by atoms with Crippen molar-refractivity contribution >= 4 is 33.0 Å². The van der Waals surface area contributed by atoms with Gasteiger partial charge in [0.25, 0.3) is 22.0 Å². The molecule has 9 heteroatoms. The topological polar surface area (TPSA) is 86.5 Å². The molecule has 2 aromatic rings. The van der Waals surface area contributed by atoms with E-state index in [0.717, 1.165) is 4.68 Å². The molecule has 0 aliphatic heterocycles. The maximum atomic E-state index is 12.4. The molecular weight excluding hydrogens is 272 g/mol. The first-order valence-electron chi connectivity index (χ1n) is 6.64. The fraction of sp³-hybridized carbons (Fsp3) is 0.417. The first kappa shape index (κ1) is 15.7. The Morgan fingerprint density at radius 3 is 2.81 bits per heavy atom. The number of aromatic nitrogens is 3. The van der Waals surface area contributed by atoms with Gasteiger partial charge < -0.3 is 14.4 Å². The van der Waals surface area contributed by atoms with Crippen molar-refractivity contribution in [2.75, 3.05) is 6.61 Å². The minimum absolute atomic E-state index is 0.145. The lowest BCUT2D eigenvalue weighted by atomic mass is 9.99. The maximum Gasteiger partial charge on any atom is 0.280 e. The van der Waals surface area contributed by atoms with Gasteiger partial charge in [0.05, 0.1) is 11.6 Å². The van der Waals surface area contributed by atoms with Crippen molar-refractivity contribution in [3.8, 4) is 0 Å². The summed E-state index contributed by atoms with van der Waals surface area (Å²) in [5.74, 6) is -0.716. The molecule has 0 aliphatic rings. The first-order chi connectivity index (χ1) is 10.1. The van der Waals surface area contributed by atoms with Gasteiger partial charge in [0.15, 0.2) is 6.10 Å². The smallest absolute Gasteiger partial charge is 0.280 e. The van der Waals surface area contributed by atoms with Crippen molar-refractivity contribution in [2.24, 2.45) is 5.92 Å². The average Bonchev–Trinajstić information content (AvgIpc) is 2.91. The third-order valence-electron chi connectivity index (χ3n) is 3.39. The third-order valence-corrected chi connectivity index (χ3v) is 3.39. The maximum absolute atomic E-state index is 12.4. The standard InChI is InChI=1S/C12H17B2N3O4/c1-7(6-20-13)11(21-14)10(18)12(19)17-9-5-3-2-4-8(9)15-16-17/h2-5,7,10-11,18H,6,13-14H2,1H3/t7-,10?,11-/m1/s1. The number of hydrogen-bond donors (Lipinski definition) is 1. The molecule has 7 nitrogen and oxygen atoms in total. The highest BCUT2D eigenvalue weighted by Gasteiger charge is 2.32. The number of para-hydroxylation sites is 1. The Bertz CT molecular complexity index is 621. The number of carbonyl (C=O) groups excluding carboxylic acids is 1. The van der Waals surface area contributed by atoms with Crippen LogP contribution in [0.2, 0.25) is 0 Å². The van der Waals surface area contributed by atoms with Crippen LogP contribution in [0.1, 0.15) is 11.7 Å². The largest absolute Gasteiger partial charge is 0.444 e. The van der Waals surface area contributed by atoms with Gasteiger partial charge in [-0.2, -0.15) is 4.68 Å². The van der Waals surface area contributed by atoms with Crippen molar-refractivity contribution in [3.63, 3.8) is 0 Å². The highest BCUT2D eigenvalue weighted by Crippen LogP contribution is 2.16. The van der Waals surface area contributed by atoms with Crippen molar-refractivity contribution in [1.29, 1.82) is 0 Å². The van der Waals surface area contributed by atoms with Crippen LogP contribution in [-0.2, 0) is 9.31 Å². The third kappa shape index (κ3) is 3.15. The van der Waals surface area contributed by atoms with Crippen molar-refractivity contribution in [3.05, 3.63) is 24.3 Å². The van der Waals surface area contributed by atoms with Gasteiger partial charge >= 0.3 is 0 Å². The fourth-order valence-electron chi connectivity index (χ4n) is 2.33. The van der Waals surface area contributed by atoms with E-state index < -0.39 is 18.1 Å². The molecule has 21 heavy (non-hydrogen) atoms. The van der Waals surface area contributed by atoms with E-state index in [4.69, 9.17) is 9.31 Å². The molecule has 1 unspecified atom stereocenters. The normalized spacial score (nSPS) is 15.7. The van der Waals surface area contributed by atoms with E-state index in [1.54, 1.807) is 32.3 Å². The van der Waals surface area contributed by atoms with Crippen LogP contribution in [-0.4, -0.2) is 60.9 Å². The summed E-state index contributed by atoms with van der Waals surface area (Å²) in [5, 5.41) is 18.0. The van der Waals surface area contributed by atoms with E-state index in [0.29, 0.717) is 17.6 Å². The lowest BCUT2D eigenvalue weighted by molar-refractivity contribution is -0.00124. The van der Waals surface area contributed by atoms with Crippen LogP contribution >= 0.6 is 0 Å². The number of hydrogen-bond acceptors (Lipinski definition) is 6. The van der Waals surface area contributed by atoms with Gasteiger partial charge in [0, 0.05) is 12.5 Å². The van der Waals surface area contributed by atoms with Gasteiger partial charge in [-0.05, 0) is 12.1 Å². The Kier molecular flexibility index (Phi) is 5.11. The summed E-state index contributed by atoms with van der Waals surface area (Å²) >= 11 is 0. The molecule has 1 aromatic carbocycles. The number of aliphatic hydroxyl groups excluding tert-OH is 1. The van der Waals surface area contributed by atoms with Crippen LogP contribution in [0.25, 0.3) is 11.0 Å². The predicted molar refractivity (Wildman–Crippen MR) is 81.2 cm³/mol. The van der Waals surface area contributed by atoms with E-state index in [9.17, 15) is 9.90 Å². The number of fused-ring (bicyclic) bond motifs is 1. The summed E-state index contributed by atoms with van der Waals surface area (Å²) in [6.45, 7) is 2.22. The highest BCUT2D eigenvalue weighted by atomic mass is 16.5. The molecule has 1 heterocycles. The monoisotopic (exact) mass is 289 g/mol. The van der Waals surface area contributed by atoms with E-state index >= 15 is 0 Å². The molecule has 0 amide bonds. The first-order valence-corrected chi connectivity index (χ1v) is 6.64. The Hall–Kier alpha value is -1.70. The van der Waals surface area contributed by atoms with Crippen LogP contribution in [0.3, 0.4) is 0 Å². The van der Waals surface area contributed by atoms with Gasteiger partial charge in [0.1, 0.15) is 5.52 Å². The Balaban J connectivity index is 2.25. The SMILES string of the molecule is BOC[C@@H](C)[C@@H](OB)C(O)C(=O)n1nnc2ccccc21. The second-order valence-electron chi connectivity index (χ2n) is 4.91. The van der Waals surface area contributed by atoms with Crippen LogP contribution < -0.4 is 0 Å². The van der Waals surface area contributed by atoms with E-state index in [1.165, 1.54) is 8.05 Å². The molecule has 0 bridgehead atoms. The minimum Gasteiger partial charge on any atom is -0.444 e. The van der Waals surface area contributed by atoms with Gasteiger partial charge in [-0.25, -0.2) is 0 Å². The Labute approximate surface area is 124 Å². The van der Waals surface area contributed by atoms with Crippen molar-refractivity contribution in [2.45, 2.75) is 19.1 Å². The molecule has 0 spiro atoms. The summed E-state index contributed by atoms with van der Waals surface area (Å²) in [6, 6.07) is 7.06. The zero-order valence-corrected chi connectivity index (χ0v) is 12.3. The summed E-state index contributed by atoms with van der Waals surface area (Å²) in [6.07, 6.45) is -2.02. The highest BCUT2D eigenvalue weighted by molar-refractivity contribution is 5.99. The molecule has 0 aliphatic carbocycles. The summed E-state index contributed by atoms with van der Waals surface area (Å²) < 4.78 is 11.4. The molecule has 1 aromatic heterocycles. The average molecular weight is 289 g/mol. The predicted octanol–water partition coefficient (Wildman–Crippen LogP) is -1.43. The Morgan fingerprint density at radius 1 is 1.43 bits per heavy atom. The van der Waals surface area contributed by atoms with Gasteiger partial charge in [-0.15, -0.1) is 5.10 Å². The fourth-order valence-corrected chi connectivity index (χ4v) is 2.33. The summed E-state index contributed by atoms with van der Waals surface area (Å²) in [7, 11) is 3.01. The zero-order valence-electron chi connectivity index (χ0n) is 12.3. The molecule has 0 saturated carbocycles.